The average Bonchev–Trinajstić information content (AvgIpc) is 1.65. The molecule has 1 aliphatic heterocycles. The Bertz CT molecular complexity index is 77.8. The molecule has 0 radical (unpaired) electrons. The normalized spacial score (nSPS) is 22.2. The molecule has 1 fully saturated rings. The first-order chi connectivity index (χ1) is 3.71. The van der Waals surface area contributed by atoms with E-state index in [0.29, 0.717) is 0 Å². The summed E-state index contributed by atoms with van der Waals surface area (Å²) in [5, 5.41) is 3.32. The summed E-state index contributed by atoms with van der Waals surface area (Å²) >= 11 is 0. The van der Waals surface area contributed by atoms with Crippen molar-refractivity contribution < 1.29 is 16.9 Å². The first-order valence-electron chi connectivity index (χ1n) is 3.23. The van der Waals surface area contributed by atoms with E-state index in [9.17, 15) is 0 Å². The minimum Gasteiger partial charge on any atom is -1.00 e. The lowest BCUT2D eigenvalue weighted by atomic mass is 10.3. The van der Waals surface area contributed by atoms with Crippen LogP contribution in [0.25, 0.3) is 0 Å². The Balaban J connectivity index is 0. The molecule has 0 aromatic rings. The van der Waals surface area contributed by atoms with Gasteiger partial charge in [-0.05, 0) is 0 Å². The SMILES string of the molecule is C[N+]1(C)CCNCC1.Cl.[Cl-]. The van der Waals surface area contributed by atoms with Gasteiger partial charge in [0.1, 0.15) is 0 Å². The fraction of sp³-hybridized carbons (Fsp3) is 1.00. The zero-order valence-corrected chi connectivity index (χ0v) is 8.13. The summed E-state index contributed by atoms with van der Waals surface area (Å²) in [6.07, 6.45) is 0. The van der Waals surface area contributed by atoms with Crippen molar-refractivity contribution in [2.75, 3.05) is 40.3 Å². The van der Waals surface area contributed by atoms with Crippen molar-refractivity contribution in [3.8, 4) is 0 Å². The van der Waals surface area contributed by atoms with Crippen molar-refractivity contribution in [3.05, 3.63) is 0 Å². The van der Waals surface area contributed by atoms with Gasteiger partial charge in [0.2, 0.25) is 0 Å². The number of hydrogen-bond donors (Lipinski definition) is 1. The Morgan fingerprint density at radius 1 is 1.10 bits per heavy atom. The molecule has 2 nitrogen and oxygen atoms in total. The molecule has 0 unspecified atom stereocenters. The van der Waals surface area contributed by atoms with Crippen LogP contribution in [-0.2, 0) is 0 Å². The van der Waals surface area contributed by atoms with Crippen LogP contribution in [0, 0.1) is 0 Å². The number of halogens is 2. The van der Waals surface area contributed by atoms with Gasteiger partial charge in [-0.2, -0.15) is 0 Å². The average molecular weight is 187 g/mol. The topological polar surface area (TPSA) is 12.0 Å². The summed E-state index contributed by atoms with van der Waals surface area (Å²) in [5.74, 6) is 0. The fourth-order valence-corrected chi connectivity index (χ4v) is 1.00. The maximum absolute atomic E-state index is 3.32. The second-order valence-corrected chi connectivity index (χ2v) is 3.13. The van der Waals surface area contributed by atoms with Crippen molar-refractivity contribution in [1.29, 1.82) is 0 Å². The molecule has 0 atom stereocenters. The summed E-state index contributed by atoms with van der Waals surface area (Å²) in [5.41, 5.74) is 0. The van der Waals surface area contributed by atoms with Crippen molar-refractivity contribution in [3.63, 3.8) is 0 Å². The molecule has 64 valence electrons. The predicted molar refractivity (Wildman–Crippen MR) is 42.0 cm³/mol. The second-order valence-electron chi connectivity index (χ2n) is 3.13. The van der Waals surface area contributed by atoms with Crippen LogP contribution in [0.4, 0.5) is 0 Å². The third kappa shape index (κ3) is 4.34. The highest BCUT2D eigenvalue weighted by Crippen LogP contribution is 1.96. The molecule has 0 saturated carbocycles. The van der Waals surface area contributed by atoms with Crippen molar-refractivity contribution in [2.24, 2.45) is 0 Å². The zero-order valence-electron chi connectivity index (χ0n) is 6.56. The van der Waals surface area contributed by atoms with E-state index in [1.165, 1.54) is 30.7 Å². The fourth-order valence-electron chi connectivity index (χ4n) is 1.00. The third-order valence-corrected chi connectivity index (χ3v) is 1.79. The quantitative estimate of drug-likeness (QED) is 0.401. The number of likely N-dealkylation sites (N-methyl/N-ethyl adjacent to an activating group) is 1. The smallest absolute Gasteiger partial charge is 0.0909 e. The largest absolute Gasteiger partial charge is 1.00 e. The summed E-state index contributed by atoms with van der Waals surface area (Å²) in [7, 11) is 4.56. The van der Waals surface area contributed by atoms with Crippen LogP contribution in [0.5, 0.6) is 0 Å². The predicted octanol–water partition coefficient (Wildman–Crippen LogP) is -2.91. The lowest BCUT2D eigenvalue weighted by Gasteiger charge is -2.33. The Morgan fingerprint density at radius 3 is 1.70 bits per heavy atom. The molecule has 0 aromatic heterocycles. The Morgan fingerprint density at radius 2 is 1.50 bits per heavy atom. The monoisotopic (exact) mass is 186 g/mol. The maximum Gasteiger partial charge on any atom is 0.0909 e. The van der Waals surface area contributed by atoms with Crippen LogP contribution in [-0.4, -0.2) is 44.8 Å². The zero-order chi connectivity index (χ0) is 6.04. The Hall–Kier alpha value is 0.500. The number of nitrogens with zero attached hydrogens (tertiary/aromatic N) is 1. The second kappa shape index (κ2) is 5.19. The lowest BCUT2D eigenvalue weighted by molar-refractivity contribution is -0.891. The van der Waals surface area contributed by atoms with E-state index in [4.69, 9.17) is 0 Å². The standard InChI is InChI=1S/C6H15N2.2ClH/c1-8(2)5-3-7-4-6-8;;/h7H,3-6H2,1-2H3;2*1H/q+1;;/p-1. The van der Waals surface area contributed by atoms with Gasteiger partial charge in [-0.25, -0.2) is 0 Å². The highest BCUT2D eigenvalue weighted by Gasteiger charge is 2.17. The van der Waals surface area contributed by atoms with Crippen LogP contribution < -0.4 is 17.7 Å². The molecule has 4 heteroatoms. The molecular weight excluding hydrogens is 171 g/mol. The Labute approximate surface area is 75.4 Å². The molecule has 1 aliphatic rings. The molecule has 1 rings (SSSR count). The number of nitrogens with one attached hydrogen (secondary N) is 1. The molecule has 0 aliphatic carbocycles. The van der Waals surface area contributed by atoms with E-state index in [2.05, 4.69) is 19.4 Å². The molecular formula is C6H16Cl2N2. The molecule has 10 heavy (non-hydrogen) atoms. The minimum absolute atomic E-state index is 0. The highest BCUT2D eigenvalue weighted by atomic mass is 35.5. The summed E-state index contributed by atoms with van der Waals surface area (Å²) < 4.78 is 1.19. The number of quaternary nitrogens is 1. The van der Waals surface area contributed by atoms with Crippen molar-refractivity contribution in [1.82, 2.24) is 5.32 Å². The molecule has 0 bridgehead atoms. The summed E-state index contributed by atoms with van der Waals surface area (Å²) in [6, 6.07) is 0. The van der Waals surface area contributed by atoms with Gasteiger partial charge >= 0.3 is 0 Å². The molecule has 0 aromatic carbocycles. The molecule has 0 spiro atoms. The van der Waals surface area contributed by atoms with Crippen molar-refractivity contribution >= 4 is 12.4 Å². The number of piperazine rings is 1. The third-order valence-electron chi connectivity index (χ3n) is 1.79. The Kier molecular flexibility index (Phi) is 6.81. The van der Waals surface area contributed by atoms with Gasteiger partial charge in [-0.3, -0.25) is 0 Å². The van der Waals surface area contributed by atoms with E-state index < -0.39 is 0 Å². The minimum atomic E-state index is 0. The molecule has 1 N–H and O–H groups in total. The van der Waals surface area contributed by atoms with Gasteiger partial charge in [-0.1, -0.05) is 0 Å². The van der Waals surface area contributed by atoms with Crippen LogP contribution in [0.1, 0.15) is 0 Å². The molecule has 1 heterocycles. The first kappa shape index (κ1) is 13.1. The van der Waals surface area contributed by atoms with E-state index in [-0.39, 0.29) is 24.8 Å². The van der Waals surface area contributed by atoms with Crippen LogP contribution in [0.15, 0.2) is 0 Å². The van der Waals surface area contributed by atoms with Crippen LogP contribution in [0.3, 0.4) is 0 Å². The maximum atomic E-state index is 3.32. The molecule has 1 saturated heterocycles. The highest BCUT2D eigenvalue weighted by molar-refractivity contribution is 5.85. The van der Waals surface area contributed by atoms with Gasteiger partial charge < -0.3 is 22.2 Å². The molecule has 0 amide bonds. The van der Waals surface area contributed by atoms with E-state index in [1.807, 2.05) is 0 Å². The van der Waals surface area contributed by atoms with Crippen LogP contribution >= 0.6 is 12.4 Å². The van der Waals surface area contributed by atoms with Gasteiger partial charge in [0.15, 0.2) is 0 Å². The van der Waals surface area contributed by atoms with Gasteiger partial charge in [0.25, 0.3) is 0 Å². The van der Waals surface area contributed by atoms with Gasteiger partial charge in [0.05, 0.1) is 27.2 Å². The van der Waals surface area contributed by atoms with Crippen LogP contribution in [0.2, 0.25) is 0 Å². The number of hydrogen-bond acceptors (Lipinski definition) is 1. The van der Waals surface area contributed by atoms with Gasteiger partial charge in [0, 0.05) is 13.1 Å². The van der Waals surface area contributed by atoms with E-state index >= 15 is 0 Å². The number of rotatable bonds is 0. The van der Waals surface area contributed by atoms with Gasteiger partial charge in [-0.15, -0.1) is 12.4 Å². The van der Waals surface area contributed by atoms with E-state index in [0.717, 1.165) is 0 Å². The summed E-state index contributed by atoms with van der Waals surface area (Å²) in [6.45, 7) is 4.93. The lowest BCUT2D eigenvalue weighted by Crippen LogP contribution is -3.00. The first-order valence-corrected chi connectivity index (χ1v) is 3.23. The van der Waals surface area contributed by atoms with E-state index in [1.54, 1.807) is 0 Å². The summed E-state index contributed by atoms with van der Waals surface area (Å²) in [4.78, 5) is 0. The van der Waals surface area contributed by atoms with Crippen molar-refractivity contribution in [2.45, 2.75) is 0 Å².